The van der Waals surface area contributed by atoms with Gasteiger partial charge in [-0.3, -0.25) is 0 Å². The summed E-state index contributed by atoms with van der Waals surface area (Å²) >= 11 is 6.00. The van der Waals surface area contributed by atoms with Gasteiger partial charge in [0.05, 0.1) is 5.60 Å². The number of hydrogen-bond donors (Lipinski definition) is 1. The third-order valence-corrected chi connectivity index (χ3v) is 3.37. The van der Waals surface area contributed by atoms with Gasteiger partial charge in [-0.2, -0.15) is 0 Å². The van der Waals surface area contributed by atoms with Gasteiger partial charge in [0.15, 0.2) is 0 Å². The van der Waals surface area contributed by atoms with E-state index in [0.717, 1.165) is 37.6 Å². The smallest absolute Gasteiger partial charge is 0.135 e. The van der Waals surface area contributed by atoms with Crippen LogP contribution in [0.1, 0.15) is 45.4 Å². The quantitative estimate of drug-likeness (QED) is 0.853. The average Bonchev–Trinajstić information content (AvgIpc) is 2.73. The van der Waals surface area contributed by atoms with E-state index in [1.54, 1.807) is 6.07 Å². The Morgan fingerprint density at radius 2 is 2.28 bits per heavy atom. The number of hydrogen-bond acceptors (Lipinski definition) is 4. The summed E-state index contributed by atoms with van der Waals surface area (Å²) in [6.45, 7) is 7.82. The molecule has 1 unspecified atom stereocenters. The molecule has 1 fully saturated rings. The van der Waals surface area contributed by atoms with Crippen LogP contribution >= 0.6 is 11.6 Å². The molecule has 0 aromatic carbocycles. The number of aromatic nitrogens is 2. The van der Waals surface area contributed by atoms with Crippen molar-refractivity contribution in [2.45, 2.75) is 45.1 Å². The highest BCUT2D eigenvalue weighted by atomic mass is 35.5. The Hall–Kier alpha value is -0.870. The number of ether oxygens (including phenoxy) is 1. The molecule has 0 aliphatic carbocycles. The first kappa shape index (κ1) is 13.6. The number of halogens is 1. The summed E-state index contributed by atoms with van der Waals surface area (Å²) in [4.78, 5) is 8.68. The van der Waals surface area contributed by atoms with Crippen molar-refractivity contribution < 1.29 is 4.74 Å². The summed E-state index contributed by atoms with van der Waals surface area (Å²) in [5.41, 5.74) is -0.0879. The van der Waals surface area contributed by atoms with E-state index >= 15 is 0 Å². The van der Waals surface area contributed by atoms with Crippen molar-refractivity contribution in [2.75, 3.05) is 18.5 Å². The first-order valence-corrected chi connectivity index (χ1v) is 6.79. The third-order valence-electron chi connectivity index (χ3n) is 3.17. The van der Waals surface area contributed by atoms with Crippen LogP contribution in [0.2, 0.25) is 5.15 Å². The van der Waals surface area contributed by atoms with E-state index in [1.807, 2.05) is 0 Å². The predicted molar refractivity (Wildman–Crippen MR) is 73.2 cm³/mol. The summed E-state index contributed by atoms with van der Waals surface area (Å²) in [7, 11) is 0. The standard InChI is InChI=1S/C13H20ClN3O/c1-9(2)12-16-10(14)7-11(17-12)15-8-13(3)5-4-6-18-13/h7,9H,4-6,8H2,1-3H3,(H,15,16,17). The average molecular weight is 270 g/mol. The van der Waals surface area contributed by atoms with Gasteiger partial charge >= 0.3 is 0 Å². The molecule has 1 saturated heterocycles. The lowest BCUT2D eigenvalue weighted by Gasteiger charge is -2.23. The summed E-state index contributed by atoms with van der Waals surface area (Å²) in [5.74, 6) is 1.81. The second-order valence-corrected chi connectivity index (χ2v) is 5.73. The summed E-state index contributed by atoms with van der Waals surface area (Å²) < 4.78 is 5.73. The Balaban J connectivity index is 2.04. The Morgan fingerprint density at radius 3 is 2.89 bits per heavy atom. The van der Waals surface area contributed by atoms with Crippen LogP contribution in [0, 0.1) is 0 Å². The zero-order chi connectivity index (χ0) is 13.2. The van der Waals surface area contributed by atoms with E-state index in [1.165, 1.54) is 0 Å². The fourth-order valence-electron chi connectivity index (χ4n) is 2.04. The van der Waals surface area contributed by atoms with Crippen molar-refractivity contribution in [3.05, 3.63) is 17.0 Å². The minimum atomic E-state index is -0.0879. The monoisotopic (exact) mass is 269 g/mol. The van der Waals surface area contributed by atoms with Gasteiger partial charge in [-0.1, -0.05) is 25.4 Å². The maximum absolute atomic E-state index is 6.00. The molecule has 2 heterocycles. The number of nitrogens with zero attached hydrogens (tertiary/aromatic N) is 2. The lowest BCUT2D eigenvalue weighted by molar-refractivity contribution is 0.0314. The van der Waals surface area contributed by atoms with Gasteiger partial charge in [-0.15, -0.1) is 0 Å². The van der Waals surface area contributed by atoms with Crippen LogP contribution in [0.25, 0.3) is 0 Å². The van der Waals surface area contributed by atoms with Crippen LogP contribution in [0.3, 0.4) is 0 Å². The van der Waals surface area contributed by atoms with Crippen LogP contribution in [0.15, 0.2) is 6.07 Å². The highest BCUT2D eigenvalue weighted by molar-refractivity contribution is 6.29. The Morgan fingerprint density at radius 1 is 1.50 bits per heavy atom. The molecule has 1 aromatic rings. The minimum Gasteiger partial charge on any atom is -0.373 e. The first-order valence-electron chi connectivity index (χ1n) is 6.41. The highest BCUT2D eigenvalue weighted by Gasteiger charge is 2.29. The van der Waals surface area contributed by atoms with Crippen molar-refractivity contribution >= 4 is 17.4 Å². The van der Waals surface area contributed by atoms with Gasteiger partial charge in [0.1, 0.15) is 16.8 Å². The number of rotatable bonds is 4. The largest absolute Gasteiger partial charge is 0.373 e. The Bertz CT molecular complexity index is 417. The highest BCUT2D eigenvalue weighted by Crippen LogP contribution is 2.25. The van der Waals surface area contributed by atoms with Crippen molar-refractivity contribution in [3.8, 4) is 0 Å². The van der Waals surface area contributed by atoms with E-state index in [9.17, 15) is 0 Å². The zero-order valence-electron chi connectivity index (χ0n) is 11.2. The minimum absolute atomic E-state index is 0.0879. The fourth-order valence-corrected chi connectivity index (χ4v) is 2.23. The number of anilines is 1. The summed E-state index contributed by atoms with van der Waals surface area (Å²) in [6, 6.07) is 1.76. The Labute approximate surface area is 113 Å². The molecule has 18 heavy (non-hydrogen) atoms. The van der Waals surface area contributed by atoms with Crippen LogP contribution in [0.5, 0.6) is 0 Å². The first-order chi connectivity index (χ1) is 8.48. The predicted octanol–water partition coefficient (Wildman–Crippen LogP) is 3.23. The lowest BCUT2D eigenvalue weighted by Crippen LogP contribution is -2.32. The molecule has 0 amide bonds. The van der Waals surface area contributed by atoms with Gasteiger partial charge in [0, 0.05) is 25.1 Å². The molecular formula is C13H20ClN3O. The molecule has 2 rings (SSSR count). The molecule has 100 valence electrons. The van der Waals surface area contributed by atoms with Crippen molar-refractivity contribution in [3.63, 3.8) is 0 Å². The SMILES string of the molecule is CC(C)c1nc(Cl)cc(NCC2(C)CCCO2)n1. The molecule has 1 aliphatic rings. The number of nitrogens with one attached hydrogen (secondary N) is 1. The van der Waals surface area contributed by atoms with Gasteiger partial charge < -0.3 is 10.1 Å². The summed E-state index contributed by atoms with van der Waals surface area (Å²) in [5, 5.41) is 3.78. The molecular weight excluding hydrogens is 250 g/mol. The molecule has 4 nitrogen and oxygen atoms in total. The van der Waals surface area contributed by atoms with E-state index in [4.69, 9.17) is 16.3 Å². The fraction of sp³-hybridized carbons (Fsp3) is 0.692. The molecule has 1 N–H and O–H groups in total. The van der Waals surface area contributed by atoms with E-state index in [-0.39, 0.29) is 11.5 Å². The Kier molecular flexibility index (Phi) is 4.07. The molecule has 1 aromatic heterocycles. The van der Waals surface area contributed by atoms with Crippen molar-refractivity contribution in [1.82, 2.24) is 9.97 Å². The lowest BCUT2D eigenvalue weighted by atomic mass is 10.0. The molecule has 0 spiro atoms. The maximum Gasteiger partial charge on any atom is 0.135 e. The normalized spacial score (nSPS) is 23.6. The second kappa shape index (κ2) is 5.41. The maximum atomic E-state index is 6.00. The van der Waals surface area contributed by atoms with E-state index in [0.29, 0.717) is 5.15 Å². The van der Waals surface area contributed by atoms with E-state index < -0.39 is 0 Å². The van der Waals surface area contributed by atoms with Crippen LogP contribution < -0.4 is 5.32 Å². The molecule has 0 saturated carbocycles. The summed E-state index contributed by atoms with van der Waals surface area (Å²) in [6.07, 6.45) is 2.20. The molecule has 1 aliphatic heterocycles. The molecule has 1 atom stereocenters. The molecule has 5 heteroatoms. The van der Waals surface area contributed by atoms with Crippen LogP contribution in [-0.4, -0.2) is 28.7 Å². The third kappa shape index (κ3) is 3.33. The van der Waals surface area contributed by atoms with E-state index in [2.05, 4.69) is 36.1 Å². The van der Waals surface area contributed by atoms with Gasteiger partial charge in [0.25, 0.3) is 0 Å². The molecule has 0 bridgehead atoms. The molecule has 0 radical (unpaired) electrons. The zero-order valence-corrected chi connectivity index (χ0v) is 11.9. The van der Waals surface area contributed by atoms with Crippen molar-refractivity contribution in [2.24, 2.45) is 0 Å². The van der Waals surface area contributed by atoms with Gasteiger partial charge in [-0.05, 0) is 19.8 Å². The van der Waals surface area contributed by atoms with Gasteiger partial charge in [-0.25, -0.2) is 9.97 Å². The van der Waals surface area contributed by atoms with Crippen LogP contribution in [0.4, 0.5) is 5.82 Å². The topological polar surface area (TPSA) is 47.0 Å². The van der Waals surface area contributed by atoms with Crippen molar-refractivity contribution in [1.29, 1.82) is 0 Å². The second-order valence-electron chi connectivity index (χ2n) is 5.34. The van der Waals surface area contributed by atoms with Crippen LogP contribution in [-0.2, 0) is 4.74 Å². The van der Waals surface area contributed by atoms with Gasteiger partial charge in [0.2, 0.25) is 0 Å².